The fraction of sp³-hybridized carbons (Fsp3) is 1.00. The van der Waals surface area contributed by atoms with Gasteiger partial charge in [-0.3, -0.25) is 0 Å². The molecule has 1 nitrogen and oxygen atoms in total. The van der Waals surface area contributed by atoms with Gasteiger partial charge in [0.15, 0.2) is 0 Å². The van der Waals surface area contributed by atoms with E-state index in [1.54, 1.807) is 0 Å². The summed E-state index contributed by atoms with van der Waals surface area (Å²) in [6, 6.07) is 0. The zero-order valence-corrected chi connectivity index (χ0v) is 5.65. The van der Waals surface area contributed by atoms with Crippen molar-refractivity contribution in [3.63, 3.8) is 0 Å². The Kier molecular flexibility index (Phi) is 3.79. The van der Waals surface area contributed by atoms with Gasteiger partial charge in [-0.2, -0.15) is 0 Å². The van der Waals surface area contributed by atoms with Crippen molar-refractivity contribution in [2.75, 3.05) is 7.11 Å². The van der Waals surface area contributed by atoms with Crippen LogP contribution in [0.4, 0.5) is 4.39 Å². The monoisotopic (exact) mass is 120 g/mol. The van der Waals surface area contributed by atoms with E-state index < -0.39 is 6.17 Å². The Balaban J connectivity index is 3.35. The number of rotatable bonds is 3. The van der Waals surface area contributed by atoms with E-state index in [0.717, 1.165) is 6.42 Å². The molecular formula is C6H13FO. The van der Waals surface area contributed by atoms with Crippen LogP contribution in [0.2, 0.25) is 0 Å². The van der Waals surface area contributed by atoms with Gasteiger partial charge in [-0.25, -0.2) is 4.39 Å². The summed E-state index contributed by atoms with van der Waals surface area (Å²) in [6.07, 6.45) is -0.311. The number of hydrogen-bond donors (Lipinski definition) is 0. The predicted octanol–water partition coefficient (Wildman–Crippen LogP) is 1.77. The molecule has 2 heteroatoms. The van der Waals surface area contributed by atoms with Crippen molar-refractivity contribution in [1.29, 1.82) is 0 Å². The highest BCUT2D eigenvalue weighted by atomic mass is 19.1. The minimum absolute atomic E-state index is 0.213. The van der Waals surface area contributed by atoms with Crippen LogP contribution >= 0.6 is 0 Å². The summed E-state index contributed by atoms with van der Waals surface area (Å²) < 4.78 is 17.0. The standard InChI is InChI=1S/C6H13FO/c1-4-6(8-3)5(2)7/h5-6H,4H2,1-3H3. The first-order valence-electron chi connectivity index (χ1n) is 2.89. The van der Waals surface area contributed by atoms with E-state index >= 15 is 0 Å². The molecule has 0 saturated heterocycles. The Hall–Kier alpha value is -0.110. The van der Waals surface area contributed by atoms with Crippen molar-refractivity contribution in [3.05, 3.63) is 0 Å². The maximum atomic E-state index is 12.2. The van der Waals surface area contributed by atoms with Gasteiger partial charge in [-0.15, -0.1) is 0 Å². The minimum atomic E-state index is -0.843. The molecular weight excluding hydrogens is 107 g/mol. The first kappa shape index (κ1) is 7.89. The summed E-state index contributed by atoms with van der Waals surface area (Å²) in [5.74, 6) is 0. The molecule has 0 heterocycles. The van der Waals surface area contributed by atoms with Crippen LogP contribution in [0.25, 0.3) is 0 Å². The molecule has 0 aliphatic rings. The van der Waals surface area contributed by atoms with Crippen LogP contribution in [-0.2, 0) is 4.74 Å². The van der Waals surface area contributed by atoms with Crippen LogP contribution in [0, 0.1) is 0 Å². The molecule has 0 amide bonds. The van der Waals surface area contributed by atoms with Gasteiger partial charge in [0.1, 0.15) is 6.17 Å². The second-order valence-corrected chi connectivity index (χ2v) is 1.86. The maximum Gasteiger partial charge on any atom is 0.123 e. The molecule has 0 fully saturated rings. The Morgan fingerprint density at radius 3 is 2.12 bits per heavy atom. The third-order valence-electron chi connectivity index (χ3n) is 1.22. The average Bonchev–Trinajstić information content (AvgIpc) is 1.69. The lowest BCUT2D eigenvalue weighted by atomic mass is 10.2. The first-order chi connectivity index (χ1) is 3.72. The van der Waals surface area contributed by atoms with E-state index in [1.165, 1.54) is 14.0 Å². The normalized spacial score (nSPS) is 18.0. The number of halogens is 1. The highest BCUT2D eigenvalue weighted by molar-refractivity contribution is 4.60. The minimum Gasteiger partial charge on any atom is -0.378 e. The van der Waals surface area contributed by atoms with Crippen LogP contribution in [0.1, 0.15) is 20.3 Å². The van der Waals surface area contributed by atoms with Gasteiger partial charge in [0, 0.05) is 7.11 Å². The van der Waals surface area contributed by atoms with Crippen molar-refractivity contribution >= 4 is 0 Å². The van der Waals surface area contributed by atoms with E-state index in [0.29, 0.717) is 0 Å². The summed E-state index contributed by atoms with van der Waals surface area (Å²) in [6.45, 7) is 3.42. The van der Waals surface area contributed by atoms with Crippen molar-refractivity contribution < 1.29 is 9.13 Å². The average molecular weight is 120 g/mol. The van der Waals surface area contributed by atoms with Gasteiger partial charge in [0.25, 0.3) is 0 Å². The smallest absolute Gasteiger partial charge is 0.123 e. The van der Waals surface area contributed by atoms with Crippen LogP contribution in [0.5, 0.6) is 0 Å². The van der Waals surface area contributed by atoms with Crippen molar-refractivity contribution in [3.8, 4) is 0 Å². The zero-order valence-electron chi connectivity index (χ0n) is 5.65. The molecule has 2 unspecified atom stereocenters. The molecule has 0 radical (unpaired) electrons. The quantitative estimate of drug-likeness (QED) is 0.551. The molecule has 0 aliphatic heterocycles. The molecule has 0 rings (SSSR count). The van der Waals surface area contributed by atoms with Crippen molar-refractivity contribution in [1.82, 2.24) is 0 Å². The van der Waals surface area contributed by atoms with E-state index in [9.17, 15) is 4.39 Å². The van der Waals surface area contributed by atoms with E-state index in [4.69, 9.17) is 4.74 Å². The summed E-state index contributed by atoms with van der Waals surface area (Å²) in [5, 5.41) is 0. The lowest BCUT2D eigenvalue weighted by Gasteiger charge is -2.12. The molecule has 0 saturated carbocycles. The van der Waals surface area contributed by atoms with Gasteiger partial charge in [-0.1, -0.05) is 6.92 Å². The van der Waals surface area contributed by atoms with Crippen LogP contribution < -0.4 is 0 Å². The summed E-state index contributed by atoms with van der Waals surface area (Å²) in [4.78, 5) is 0. The largest absolute Gasteiger partial charge is 0.378 e. The molecule has 50 valence electrons. The second kappa shape index (κ2) is 3.84. The summed E-state index contributed by atoms with van der Waals surface area (Å²) in [5.41, 5.74) is 0. The van der Waals surface area contributed by atoms with Crippen LogP contribution in [0.15, 0.2) is 0 Å². The summed E-state index contributed by atoms with van der Waals surface area (Å²) in [7, 11) is 1.53. The van der Waals surface area contributed by atoms with Crippen LogP contribution in [-0.4, -0.2) is 19.4 Å². The molecule has 0 aromatic carbocycles. The maximum absolute atomic E-state index is 12.2. The third kappa shape index (κ3) is 2.26. The van der Waals surface area contributed by atoms with Crippen molar-refractivity contribution in [2.45, 2.75) is 32.5 Å². The van der Waals surface area contributed by atoms with Crippen molar-refractivity contribution in [2.24, 2.45) is 0 Å². The first-order valence-corrected chi connectivity index (χ1v) is 2.89. The highest BCUT2D eigenvalue weighted by Crippen LogP contribution is 2.04. The molecule has 0 aliphatic carbocycles. The number of ether oxygens (including phenoxy) is 1. The second-order valence-electron chi connectivity index (χ2n) is 1.86. The topological polar surface area (TPSA) is 9.23 Å². The zero-order chi connectivity index (χ0) is 6.57. The van der Waals surface area contributed by atoms with Crippen LogP contribution in [0.3, 0.4) is 0 Å². The molecule has 0 bridgehead atoms. The van der Waals surface area contributed by atoms with E-state index in [1.807, 2.05) is 6.92 Å². The van der Waals surface area contributed by atoms with Gasteiger partial charge >= 0.3 is 0 Å². The number of methoxy groups -OCH3 is 1. The Morgan fingerprint density at radius 2 is 2.12 bits per heavy atom. The molecule has 8 heavy (non-hydrogen) atoms. The fourth-order valence-corrected chi connectivity index (χ4v) is 0.679. The third-order valence-corrected chi connectivity index (χ3v) is 1.22. The lowest BCUT2D eigenvalue weighted by Crippen LogP contribution is -2.19. The molecule has 0 spiro atoms. The number of hydrogen-bond acceptors (Lipinski definition) is 1. The highest BCUT2D eigenvalue weighted by Gasteiger charge is 2.11. The molecule has 2 atom stereocenters. The molecule has 0 aromatic rings. The lowest BCUT2D eigenvalue weighted by molar-refractivity contribution is 0.0377. The SMILES string of the molecule is CCC(OC)C(C)F. The summed E-state index contributed by atoms with van der Waals surface area (Å²) >= 11 is 0. The Morgan fingerprint density at radius 1 is 1.62 bits per heavy atom. The molecule has 0 aromatic heterocycles. The Labute approximate surface area is 49.8 Å². The van der Waals surface area contributed by atoms with E-state index in [2.05, 4.69) is 0 Å². The van der Waals surface area contributed by atoms with E-state index in [-0.39, 0.29) is 6.10 Å². The molecule has 0 N–H and O–H groups in total. The fourth-order valence-electron chi connectivity index (χ4n) is 0.679. The van der Waals surface area contributed by atoms with Gasteiger partial charge in [0.2, 0.25) is 0 Å². The number of alkyl halides is 1. The van der Waals surface area contributed by atoms with Gasteiger partial charge in [0.05, 0.1) is 6.10 Å². The van der Waals surface area contributed by atoms with Gasteiger partial charge in [-0.05, 0) is 13.3 Å². The Bertz CT molecular complexity index is 50.5. The predicted molar refractivity (Wildman–Crippen MR) is 31.7 cm³/mol. The van der Waals surface area contributed by atoms with Gasteiger partial charge < -0.3 is 4.74 Å².